The van der Waals surface area contributed by atoms with E-state index in [-0.39, 0.29) is 0 Å². The highest BCUT2D eigenvalue weighted by molar-refractivity contribution is 5.94. The zero-order chi connectivity index (χ0) is 11.6. The van der Waals surface area contributed by atoms with Gasteiger partial charge in [-0.25, -0.2) is 5.84 Å². The lowest BCUT2D eigenvalue weighted by Crippen LogP contribution is -2.34. The quantitative estimate of drug-likeness (QED) is 0.436. The molecule has 0 saturated heterocycles. The van der Waals surface area contributed by atoms with E-state index in [1.165, 1.54) is 6.07 Å². The molecule has 4 nitrogen and oxygen atoms in total. The zero-order valence-electron chi connectivity index (χ0n) is 7.75. The van der Waals surface area contributed by atoms with Crippen LogP contribution in [0.3, 0.4) is 0 Å². The summed E-state index contributed by atoms with van der Waals surface area (Å²) in [5.41, 5.74) is -1.79. The summed E-state index contributed by atoms with van der Waals surface area (Å²) in [6, 6.07) is 2.27. The summed E-state index contributed by atoms with van der Waals surface area (Å²) in [5.74, 6) is 4.13. The predicted octanol–water partition coefficient (Wildman–Crippen LogP) is 1.05. The minimum absolute atomic E-state index is 0.560. The van der Waals surface area contributed by atoms with Crippen molar-refractivity contribution in [1.29, 1.82) is 0 Å². The lowest BCUT2D eigenvalue weighted by atomic mass is 10.1. The summed E-state index contributed by atoms with van der Waals surface area (Å²) >= 11 is 0. The number of pyridine rings is 1. The first kappa shape index (κ1) is 11.4. The molecule has 1 heterocycles. The number of amides is 1. The molecule has 82 valence electrons. The molecule has 0 unspecified atom stereocenters. The average molecular weight is 219 g/mol. The standard InChI is InChI=1S/C8H8F3N3O/c1-14(12)7(15)5-3-2-4-13-6(5)8(9,10)11/h2-4H,12H2,1H3. The normalized spacial score (nSPS) is 11.3. The summed E-state index contributed by atoms with van der Waals surface area (Å²) in [4.78, 5) is 14.4. The molecule has 0 atom stereocenters. The Hall–Kier alpha value is -1.63. The molecule has 1 aromatic heterocycles. The third-order valence-electron chi connectivity index (χ3n) is 1.63. The van der Waals surface area contributed by atoms with Gasteiger partial charge in [0.2, 0.25) is 0 Å². The molecule has 0 aliphatic heterocycles. The Balaban J connectivity index is 3.25. The summed E-state index contributed by atoms with van der Waals surface area (Å²) in [6.45, 7) is 0. The van der Waals surface area contributed by atoms with Crippen molar-refractivity contribution in [3.63, 3.8) is 0 Å². The lowest BCUT2D eigenvalue weighted by Gasteiger charge is -2.14. The van der Waals surface area contributed by atoms with E-state index in [9.17, 15) is 18.0 Å². The first-order chi connectivity index (χ1) is 6.84. The zero-order valence-corrected chi connectivity index (χ0v) is 7.75. The van der Waals surface area contributed by atoms with Crippen LogP contribution >= 0.6 is 0 Å². The highest BCUT2D eigenvalue weighted by Crippen LogP contribution is 2.30. The van der Waals surface area contributed by atoms with Gasteiger partial charge in [-0.05, 0) is 12.1 Å². The summed E-state index contributed by atoms with van der Waals surface area (Å²) in [5, 5.41) is 0.576. The lowest BCUT2D eigenvalue weighted by molar-refractivity contribution is -0.141. The Bertz CT molecular complexity index is 376. The van der Waals surface area contributed by atoms with Crippen LogP contribution in [0.15, 0.2) is 18.3 Å². The van der Waals surface area contributed by atoms with Gasteiger partial charge in [0.25, 0.3) is 5.91 Å². The fourth-order valence-corrected chi connectivity index (χ4v) is 0.994. The fourth-order valence-electron chi connectivity index (χ4n) is 0.994. The van der Waals surface area contributed by atoms with Crippen LogP contribution in [0.25, 0.3) is 0 Å². The number of nitrogens with two attached hydrogens (primary N) is 1. The largest absolute Gasteiger partial charge is 0.434 e. The van der Waals surface area contributed by atoms with Crippen LogP contribution in [0.1, 0.15) is 16.1 Å². The number of hydrogen-bond donors (Lipinski definition) is 1. The monoisotopic (exact) mass is 219 g/mol. The SMILES string of the molecule is CN(N)C(=O)c1cccnc1C(F)(F)F. The molecule has 2 N–H and O–H groups in total. The molecular weight excluding hydrogens is 211 g/mol. The van der Waals surface area contributed by atoms with E-state index in [1.54, 1.807) is 0 Å². The van der Waals surface area contributed by atoms with Crippen molar-refractivity contribution < 1.29 is 18.0 Å². The maximum atomic E-state index is 12.4. The first-order valence-corrected chi connectivity index (χ1v) is 3.89. The van der Waals surface area contributed by atoms with Crippen molar-refractivity contribution in [2.45, 2.75) is 6.18 Å². The fraction of sp³-hybridized carbons (Fsp3) is 0.250. The number of hydrazine groups is 1. The van der Waals surface area contributed by atoms with Crippen LogP contribution in [0.5, 0.6) is 0 Å². The second kappa shape index (κ2) is 3.85. The van der Waals surface area contributed by atoms with Crippen molar-refractivity contribution in [1.82, 2.24) is 9.99 Å². The van der Waals surface area contributed by atoms with E-state index in [0.717, 1.165) is 19.3 Å². The molecule has 0 spiro atoms. The number of rotatable bonds is 1. The number of aromatic nitrogens is 1. The van der Waals surface area contributed by atoms with E-state index in [1.807, 2.05) is 0 Å². The highest BCUT2D eigenvalue weighted by Gasteiger charge is 2.37. The Morgan fingerprint density at radius 2 is 2.13 bits per heavy atom. The maximum absolute atomic E-state index is 12.4. The second-order valence-electron chi connectivity index (χ2n) is 2.81. The summed E-state index contributed by atoms with van der Waals surface area (Å²) in [6.07, 6.45) is -3.70. The molecule has 0 aliphatic carbocycles. The Morgan fingerprint density at radius 1 is 1.53 bits per heavy atom. The van der Waals surface area contributed by atoms with Crippen molar-refractivity contribution in [2.24, 2.45) is 5.84 Å². The number of alkyl halides is 3. The van der Waals surface area contributed by atoms with E-state index >= 15 is 0 Å². The van der Waals surface area contributed by atoms with Gasteiger partial charge < -0.3 is 0 Å². The van der Waals surface area contributed by atoms with Gasteiger partial charge in [0.05, 0.1) is 5.56 Å². The Labute approximate surface area is 83.5 Å². The van der Waals surface area contributed by atoms with Gasteiger partial charge in [0.1, 0.15) is 0 Å². The number of halogens is 3. The molecule has 0 bridgehead atoms. The first-order valence-electron chi connectivity index (χ1n) is 3.89. The molecule has 1 amide bonds. The number of carbonyl (C=O) groups is 1. The molecule has 1 aromatic rings. The second-order valence-corrected chi connectivity index (χ2v) is 2.81. The van der Waals surface area contributed by atoms with Crippen LogP contribution in [0.2, 0.25) is 0 Å². The molecule has 15 heavy (non-hydrogen) atoms. The molecule has 0 aliphatic rings. The summed E-state index contributed by atoms with van der Waals surface area (Å²) in [7, 11) is 1.16. The maximum Gasteiger partial charge on any atom is 0.434 e. The minimum Gasteiger partial charge on any atom is -0.280 e. The number of carbonyl (C=O) groups excluding carboxylic acids is 1. The van der Waals surface area contributed by atoms with E-state index < -0.39 is 23.3 Å². The van der Waals surface area contributed by atoms with Crippen LogP contribution < -0.4 is 5.84 Å². The molecular formula is C8H8F3N3O. The van der Waals surface area contributed by atoms with Crippen molar-refractivity contribution in [3.8, 4) is 0 Å². The van der Waals surface area contributed by atoms with Crippen LogP contribution in [-0.4, -0.2) is 22.9 Å². The number of nitrogens with zero attached hydrogens (tertiary/aromatic N) is 2. The van der Waals surface area contributed by atoms with Gasteiger partial charge in [-0.15, -0.1) is 0 Å². The predicted molar refractivity (Wildman–Crippen MR) is 45.5 cm³/mol. The molecule has 0 aromatic carbocycles. The number of hydrogen-bond acceptors (Lipinski definition) is 3. The topological polar surface area (TPSA) is 59.2 Å². The van der Waals surface area contributed by atoms with Crippen LogP contribution in [-0.2, 0) is 6.18 Å². The molecule has 0 radical (unpaired) electrons. The third kappa shape index (κ3) is 2.44. The highest BCUT2D eigenvalue weighted by atomic mass is 19.4. The van der Waals surface area contributed by atoms with Crippen molar-refractivity contribution >= 4 is 5.91 Å². The molecule has 0 saturated carbocycles. The summed E-state index contributed by atoms with van der Waals surface area (Å²) < 4.78 is 37.2. The molecule has 7 heteroatoms. The van der Waals surface area contributed by atoms with Crippen molar-refractivity contribution in [2.75, 3.05) is 7.05 Å². The van der Waals surface area contributed by atoms with Gasteiger partial charge in [-0.3, -0.25) is 14.8 Å². The van der Waals surface area contributed by atoms with Gasteiger partial charge in [-0.1, -0.05) is 0 Å². The van der Waals surface area contributed by atoms with Crippen LogP contribution in [0, 0.1) is 0 Å². The Morgan fingerprint density at radius 3 is 2.60 bits per heavy atom. The van der Waals surface area contributed by atoms with E-state index in [4.69, 9.17) is 5.84 Å². The Kier molecular flexibility index (Phi) is 2.94. The van der Waals surface area contributed by atoms with Crippen molar-refractivity contribution in [3.05, 3.63) is 29.6 Å². The molecule has 1 rings (SSSR count). The van der Waals surface area contributed by atoms with Gasteiger partial charge in [0, 0.05) is 13.2 Å². The minimum atomic E-state index is -4.66. The average Bonchev–Trinajstić information content (AvgIpc) is 2.15. The van der Waals surface area contributed by atoms with Crippen LogP contribution in [0.4, 0.5) is 13.2 Å². The van der Waals surface area contributed by atoms with Gasteiger partial charge in [0.15, 0.2) is 5.69 Å². The van der Waals surface area contributed by atoms with Gasteiger partial charge in [-0.2, -0.15) is 13.2 Å². The smallest absolute Gasteiger partial charge is 0.280 e. The van der Waals surface area contributed by atoms with Gasteiger partial charge >= 0.3 is 6.18 Å². The molecule has 0 fully saturated rings. The van der Waals surface area contributed by atoms with E-state index in [0.29, 0.717) is 5.01 Å². The van der Waals surface area contributed by atoms with E-state index in [2.05, 4.69) is 4.98 Å². The third-order valence-corrected chi connectivity index (χ3v) is 1.63.